The largest absolute Gasteiger partial charge is 0.399 e. The zero-order chi connectivity index (χ0) is 12.1. The third-order valence-electron chi connectivity index (χ3n) is 3.01. The van der Waals surface area contributed by atoms with Gasteiger partial charge in [0.1, 0.15) is 0 Å². The van der Waals surface area contributed by atoms with Gasteiger partial charge in [0.25, 0.3) is 0 Å². The molecule has 1 aliphatic rings. The van der Waals surface area contributed by atoms with E-state index in [1.807, 2.05) is 12.1 Å². The number of likely N-dealkylation sites (tertiary alicyclic amines) is 1. The van der Waals surface area contributed by atoms with Crippen LogP contribution in [0.15, 0.2) is 24.3 Å². The normalized spacial score (nSPS) is 15.8. The first kappa shape index (κ1) is 14.8. The minimum absolute atomic E-state index is 0. The van der Waals surface area contributed by atoms with Gasteiger partial charge >= 0.3 is 0 Å². The van der Waals surface area contributed by atoms with Crippen molar-refractivity contribution in [3.63, 3.8) is 0 Å². The van der Waals surface area contributed by atoms with Gasteiger partial charge in [0, 0.05) is 11.4 Å². The number of nitrogen functional groups attached to an aromatic ring is 1. The molecule has 0 aromatic heterocycles. The molecular weight excluding hydrogens is 250 g/mol. The van der Waals surface area contributed by atoms with Gasteiger partial charge < -0.3 is 11.1 Å². The van der Waals surface area contributed by atoms with Crippen LogP contribution in [0.2, 0.25) is 0 Å². The van der Waals surface area contributed by atoms with Gasteiger partial charge in [-0.25, -0.2) is 0 Å². The molecule has 18 heavy (non-hydrogen) atoms. The minimum atomic E-state index is 0. The van der Waals surface area contributed by atoms with E-state index in [0.29, 0.717) is 12.2 Å². The number of nitrogens with zero attached hydrogens (tertiary/aromatic N) is 1. The molecular formula is C13H20ClN3O. The number of nitrogens with one attached hydrogen (secondary N) is 1. The summed E-state index contributed by atoms with van der Waals surface area (Å²) in [6.07, 6.45) is 3.69. The van der Waals surface area contributed by atoms with Crippen LogP contribution in [0.25, 0.3) is 0 Å². The molecule has 1 saturated heterocycles. The van der Waals surface area contributed by atoms with Crippen molar-refractivity contribution < 1.29 is 4.79 Å². The zero-order valence-corrected chi connectivity index (χ0v) is 11.2. The molecule has 100 valence electrons. The molecule has 0 radical (unpaired) electrons. The zero-order valence-electron chi connectivity index (χ0n) is 10.4. The molecule has 1 amide bonds. The van der Waals surface area contributed by atoms with Crippen molar-refractivity contribution in [2.45, 2.75) is 19.3 Å². The molecule has 1 fully saturated rings. The van der Waals surface area contributed by atoms with E-state index >= 15 is 0 Å². The lowest BCUT2D eigenvalue weighted by atomic mass is 10.1. The Morgan fingerprint density at radius 3 is 2.39 bits per heavy atom. The predicted molar refractivity (Wildman–Crippen MR) is 77.0 cm³/mol. The average molecular weight is 270 g/mol. The molecule has 0 spiro atoms. The second-order valence-electron chi connectivity index (χ2n) is 4.51. The summed E-state index contributed by atoms with van der Waals surface area (Å²) in [5, 5.41) is 2.88. The number of anilines is 2. The lowest BCUT2D eigenvalue weighted by Gasteiger charge is -2.25. The quantitative estimate of drug-likeness (QED) is 0.827. The van der Waals surface area contributed by atoms with Crippen molar-refractivity contribution in [2.24, 2.45) is 0 Å². The number of amides is 1. The highest BCUT2D eigenvalue weighted by molar-refractivity contribution is 5.92. The van der Waals surface area contributed by atoms with E-state index in [9.17, 15) is 4.79 Å². The second kappa shape index (κ2) is 7.24. The first-order valence-electron chi connectivity index (χ1n) is 6.12. The topological polar surface area (TPSA) is 58.4 Å². The molecule has 4 nitrogen and oxygen atoms in total. The molecule has 0 atom stereocenters. The van der Waals surface area contributed by atoms with Crippen LogP contribution in [0.4, 0.5) is 11.4 Å². The van der Waals surface area contributed by atoms with Crippen LogP contribution >= 0.6 is 12.4 Å². The summed E-state index contributed by atoms with van der Waals surface area (Å²) >= 11 is 0. The van der Waals surface area contributed by atoms with Crippen LogP contribution in [0.5, 0.6) is 0 Å². The van der Waals surface area contributed by atoms with Crippen molar-refractivity contribution in [3.05, 3.63) is 24.3 Å². The van der Waals surface area contributed by atoms with E-state index in [1.165, 1.54) is 19.3 Å². The molecule has 0 bridgehead atoms. The summed E-state index contributed by atoms with van der Waals surface area (Å²) in [5.74, 6) is 0.0525. The Labute approximate surface area is 114 Å². The second-order valence-corrected chi connectivity index (χ2v) is 4.51. The monoisotopic (exact) mass is 269 g/mol. The molecule has 3 N–H and O–H groups in total. The SMILES string of the molecule is Cl.Nc1ccc(NC(=O)CN2CCCCC2)cc1. The third-order valence-corrected chi connectivity index (χ3v) is 3.01. The van der Waals surface area contributed by atoms with Gasteiger partial charge in [0.15, 0.2) is 0 Å². The fraction of sp³-hybridized carbons (Fsp3) is 0.462. The number of halogens is 1. The van der Waals surface area contributed by atoms with E-state index in [-0.39, 0.29) is 18.3 Å². The van der Waals surface area contributed by atoms with Crippen LogP contribution in [0, 0.1) is 0 Å². The summed E-state index contributed by atoms with van der Waals surface area (Å²) in [4.78, 5) is 14.0. The molecule has 1 heterocycles. The Bertz CT molecular complexity index is 374. The Kier molecular flexibility index (Phi) is 5.95. The van der Waals surface area contributed by atoms with E-state index in [0.717, 1.165) is 18.8 Å². The Balaban J connectivity index is 0.00000162. The van der Waals surface area contributed by atoms with E-state index < -0.39 is 0 Å². The van der Waals surface area contributed by atoms with Crippen molar-refractivity contribution in [1.82, 2.24) is 4.90 Å². The highest BCUT2D eigenvalue weighted by Crippen LogP contribution is 2.11. The minimum Gasteiger partial charge on any atom is -0.399 e. The van der Waals surface area contributed by atoms with Gasteiger partial charge in [-0.3, -0.25) is 9.69 Å². The molecule has 1 aromatic rings. The fourth-order valence-electron chi connectivity index (χ4n) is 2.09. The first-order chi connectivity index (χ1) is 8.24. The average Bonchev–Trinajstić information content (AvgIpc) is 2.33. The molecule has 1 aromatic carbocycles. The predicted octanol–water partition coefficient (Wildman–Crippen LogP) is 2.12. The maximum absolute atomic E-state index is 11.8. The lowest BCUT2D eigenvalue weighted by molar-refractivity contribution is -0.117. The van der Waals surface area contributed by atoms with E-state index in [4.69, 9.17) is 5.73 Å². The van der Waals surface area contributed by atoms with Gasteiger partial charge in [0.2, 0.25) is 5.91 Å². The third kappa shape index (κ3) is 4.55. The number of benzene rings is 1. The van der Waals surface area contributed by atoms with Gasteiger partial charge in [-0.05, 0) is 50.2 Å². The number of nitrogens with two attached hydrogens (primary N) is 1. The summed E-state index contributed by atoms with van der Waals surface area (Å²) in [6, 6.07) is 7.22. The molecule has 0 unspecified atom stereocenters. The smallest absolute Gasteiger partial charge is 0.238 e. The highest BCUT2D eigenvalue weighted by atomic mass is 35.5. The Hall–Kier alpha value is -1.26. The maximum Gasteiger partial charge on any atom is 0.238 e. The molecule has 0 saturated carbocycles. The van der Waals surface area contributed by atoms with Gasteiger partial charge in [0.05, 0.1) is 6.54 Å². The van der Waals surface area contributed by atoms with Crippen LogP contribution in [0.3, 0.4) is 0 Å². The van der Waals surface area contributed by atoms with E-state index in [2.05, 4.69) is 10.2 Å². The summed E-state index contributed by atoms with van der Waals surface area (Å²) in [7, 11) is 0. The standard InChI is InChI=1S/C13H19N3O.ClH/c14-11-4-6-12(7-5-11)15-13(17)10-16-8-2-1-3-9-16;/h4-7H,1-3,8-10,14H2,(H,15,17);1H. The Morgan fingerprint density at radius 1 is 1.17 bits per heavy atom. The lowest BCUT2D eigenvalue weighted by Crippen LogP contribution is -2.36. The fourth-order valence-corrected chi connectivity index (χ4v) is 2.09. The first-order valence-corrected chi connectivity index (χ1v) is 6.12. The van der Waals surface area contributed by atoms with Crippen LogP contribution in [0.1, 0.15) is 19.3 Å². The van der Waals surface area contributed by atoms with Crippen LogP contribution in [-0.2, 0) is 4.79 Å². The molecule has 0 aliphatic carbocycles. The Morgan fingerprint density at radius 2 is 1.78 bits per heavy atom. The van der Waals surface area contributed by atoms with Crippen LogP contribution < -0.4 is 11.1 Å². The van der Waals surface area contributed by atoms with Crippen molar-refractivity contribution >= 4 is 29.7 Å². The molecule has 1 aliphatic heterocycles. The number of carbonyl (C=O) groups is 1. The van der Waals surface area contributed by atoms with E-state index in [1.54, 1.807) is 12.1 Å². The van der Waals surface area contributed by atoms with Gasteiger partial charge in [-0.2, -0.15) is 0 Å². The number of carbonyl (C=O) groups excluding carboxylic acids is 1. The van der Waals surface area contributed by atoms with Crippen molar-refractivity contribution in [1.29, 1.82) is 0 Å². The number of piperidine rings is 1. The molecule has 5 heteroatoms. The summed E-state index contributed by atoms with van der Waals surface area (Å²) < 4.78 is 0. The summed E-state index contributed by atoms with van der Waals surface area (Å²) in [6.45, 7) is 2.56. The summed E-state index contributed by atoms with van der Waals surface area (Å²) in [5.41, 5.74) is 7.10. The number of hydrogen-bond donors (Lipinski definition) is 2. The number of rotatable bonds is 3. The number of hydrogen-bond acceptors (Lipinski definition) is 3. The molecule has 2 rings (SSSR count). The van der Waals surface area contributed by atoms with Crippen LogP contribution in [-0.4, -0.2) is 30.4 Å². The van der Waals surface area contributed by atoms with Crippen molar-refractivity contribution in [3.8, 4) is 0 Å². The maximum atomic E-state index is 11.8. The highest BCUT2D eigenvalue weighted by Gasteiger charge is 2.13. The van der Waals surface area contributed by atoms with Gasteiger partial charge in [-0.15, -0.1) is 12.4 Å². The van der Waals surface area contributed by atoms with Crippen molar-refractivity contribution in [2.75, 3.05) is 30.7 Å². The van der Waals surface area contributed by atoms with Gasteiger partial charge in [-0.1, -0.05) is 6.42 Å².